The van der Waals surface area contributed by atoms with E-state index in [0.717, 1.165) is 17.0 Å². The van der Waals surface area contributed by atoms with Crippen molar-refractivity contribution < 1.29 is 14.6 Å². The van der Waals surface area contributed by atoms with Gasteiger partial charge in [0.25, 0.3) is 0 Å². The van der Waals surface area contributed by atoms with Crippen LogP contribution in [0.15, 0.2) is 42.5 Å². The molecular weight excluding hydrogens is 254 g/mol. The van der Waals surface area contributed by atoms with E-state index < -0.39 is 6.10 Å². The molecule has 3 rings (SSSR count). The van der Waals surface area contributed by atoms with Gasteiger partial charge in [-0.3, -0.25) is 0 Å². The van der Waals surface area contributed by atoms with Crippen molar-refractivity contribution in [2.24, 2.45) is 0 Å². The molecule has 1 aliphatic rings. The van der Waals surface area contributed by atoms with Crippen molar-refractivity contribution in [1.29, 1.82) is 0 Å². The second kappa shape index (κ2) is 5.43. The minimum absolute atomic E-state index is 0.246. The van der Waals surface area contributed by atoms with Crippen LogP contribution in [0.1, 0.15) is 17.2 Å². The number of benzene rings is 2. The number of hydrogen-bond acceptors (Lipinski definition) is 4. The lowest BCUT2D eigenvalue weighted by Gasteiger charge is -2.14. The second-order valence-electron chi connectivity index (χ2n) is 4.88. The van der Waals surface area contributed by atoms with Gasteiger partial charge in [0.15, 0.2) is 11.5 Å². The molecule has 0 aromatic heterocycles. The third-order valence-corrected chi connectivity index (χ3v) is 3.30. The van der Waals surface area contributed by atoms with Gasteiger partial charge in [-0.05, 0) is 42.3 Å². The maximum Gasteiger partial charge on any atom is 0.231 e. The summed E-state index contributed by atoms with van der Waals surface area (Å²) in [5.74, 6) is 1.42. The standard InChI is InChI=1S/C16H17NO3/c1-11-3-2-4-13(7-11)17-9-14(18)12-5-6-15-16(8-12)20-10-19-15/h2-8,14,17-18H,9-10H2,1H3. The molecule has 0 saturated carbocycles. The number of hydrogen-bond donors (Lipinski definition) is 2. The van der Waals surface area contributed by atoms with Crippen LogP contribution in [-0.2, 0) is 0 Å². The van der Waals surface area contributed by atoms with E-state index >= 15 is 0 Å². The van der Waals surface area contributed by atoms with Gasteiger partial charge in [0.05, 0.1) is 6.10 Å². The average molecular weight is 271 g/mol. The van der Waals surface area contributed by atoms with Crippen LogP contribution < -0.4 is 14.8 Å². The molecule has 1 aliphatic heterocycles. The molecule has 0 spiro atoms. The smallest absolute Gasteiger partial charge is 0.231 e. The zero-order chi connectivity index (χ0) is 13.9. The van der Waals surface area contributed by atoms with Gasteiger partial charge in [-0.25, -0.2) is 0 Å². The highest BCUT2D eigenvalue weighted by molar-refractivity contribution is 5.47. The van der Waals surface area contributed by atoms with Gasteiger partial charge in [0.1, 0.15) is 0 Å². The Hall–Kier alpha value is -2.20. The topological polar surface area (TPSA) is 50.7 Å². The van der Waals surface area contributed by atoms with Crippen molar-refractivity contribution in [2.75, 3.05) is 18.7 Å². The fraction of sp³-hybridized carbons (Fsp3) is 0.250. The van der Waals surface area contributed by atoms with Gasteiger partial charge in [0.2, 0.25) is 6.79 Å². The molecule has 0 saturated heterocycles. The van der Waals surface area contributed by atoms with Crippen LogP contribution in [0, 0.1) is 6.92 Å². The molecule has 2 aromatic carbocycles. The van der Waals surface area contributed by atoms with Crippen LogP contribution in [0.2, 0.25) is 0 Å². The summed E-state index contributed by atoms with van der Waals surface area (Å²) in [6.07, 6.45) is -0.593. The molecule has 104 valence electrons. The highest BCUT2D eigenvalue weighted by Gasteiger charge is 2.16. The Morgan fingerprint density at radius 2 is 2.00 bits per heavy atom. The largest absolute Gasteiger partial charge is 0.454 e. The highest BCUT2D eigenvalue weighted by Crippen LogP contribution is 2.34. The predicted octanol–water partition coefficient (Wildman–Crippen LogP) is 2.87. The number of fused-ring (bicyclic) bond motifs is 1. The molecule has 4 heteroatoms. The van der Waals surface area contributed by atoms with Crippen molar-refractivity contribution in [2.45, 2.75) is 13.0 Å². The Bertz CT molecular complexity index is 612. The van der Waals surface area contributed by atoms with Gasteiger partial charge < -0.3 is 19.9 Å². The van der Waals surface area contributed by atoms with Gasteiger partial charge in [-0.1, -0.05) is 18.2 Å². The first-order valence-electron chi connectivity index (χ1n) is 6.60. The Morgan fingerprint density at radius 3 is 2.85 bits per heavy atom. The molecule has 1 unspecified atom stereocenters. The minimum Gasteiger partial charge on any atom is -0.454 e. The molecule has 0 bridgehead atoms. The van der Waals surface area contributed by atoms with E-state index in [2.05, 4.69) is 5.32 Å². The normalized spacial score (nSPS) is 14.1. The number of anilines is 1. The molecule has 20 heavy (non-hydrogen) atoms. The van der Waals surface area contributed by atoms with Gasteiger partial charge in [-0.15, -0.1) is 0 Å². The Balaban J connectivity index is 1.66. The SMILES string of the molecule is Cc1cccc(NCC(O)c2ccc3c(c2)OCO3)c1. The molecule has 1 atom stereocenters. The van der Waals surface area contributed by atoms with Gasteiger partial charge >= 0.3 is 0 Å². The number of nitrogens with one attached hydrogen (secondary N) is 1. The fourth-order valence-corrected chi connectivity index (χ4v) is 2.21. The molecular formula is C16H17NO3. The first-order chi connectivity index (χ1) is 9.72. The molecule has 2 aromatic rings. The summed E-state index contributed by atoms with van der Waals surface area (Å²) < 4.78 is 10.6. The molecule has 0 radical (unpaired) electrons. The summed E-state index contributed by atoms with van der Waals surface area (Å²) in [6, 6.07) is 13.6. The van der Waals surface area contributed by atoms with Crippen LogP contribution in [0.4, 0.5) is 5.69 Å². The number of ether oxygens (including phenoxy) is 2. The van der Waals surface area contributed by atoms with Crippen molar-refractivity contribution in [3.05, 3.63) is 53.6 Å². The zero-order valence-corrected chi connectivity index (χ0v) is 11.3. The fourth-order valence-electron chi connectivity index (χ4n) is 2.21. The van der Waals surface area contributed by atoms with E-state index in [4.69, 9.17) is 9.47 Å². The van der Waals surface area contributed by atoms with Crippen LogP contribution in [0.25, 0.3) is 0 Å². The van der Waals surface area contributed by atoms with E-state index in [0.29, 0.717) is 12.3 Å². The summed E-state index contributed by atoms with van der Waals surface area (Å²) in [5.41, 5.74) is 3.01. The Kier molecular flexibility index (Phi) is 3.48. The summed E-state index contributed by atoms with van der Waals surface area (Å²) in [6.45, 7) is 2.74. The first-order valence-corrected chi connectivity index (χ1v) is 6.60. The number of aliphatic hydroxyl groups excluding tert-OH is 1. The third-order valence-electron chi connectivity index (χ3n) is 3.30. The number of aliphatic hydroxyl groups is 1. The molecule has 0 fully saturated rings. The molecule has 4 nitrogen and oxygen atoms in total. The van der Waals surface area contributed by atoms with E-state index in [1.165, 1.54) is 5.56 Å². The summed E-state index contributed by atoms with van der Waals surface area (Å²) in [4.78, 5) is 0. The van der Waals surface area contributed by atoms with Crippen LogP contribution in [-0.4, -0.2) is 18.4 Å². The van der Waals surface area contributed by atoms with E-state index in [1.54, 1.807) is 0 Å². The maximum absolute atomic E-state index is 10.2. The van der Waals surface area contributed by atoms with Gasteiger partial charge in [-0.2, -0.15) is 0 Å². The van der Waals surface area contributed by atoms with Crippen LogP contribution in [0.3, 0.4) is 0 Å². The predicted molar refractivity (Wildman–Crippen MR) is 77.2 cm³/mol. The second-order valence-corrected chi connectivity index (χ2v) is 4.88. The average Bonchev–Trinajstić information content (AvgIpc) is 2.92. The number of aryl methyl sites for hydroxylation is 1. The Labute approximate surface area is 118 Å². The van der Waals surface area contributed by atoms with Crippen LogP contribution in [0.5, 0.6) is 11.5 Å². The molecule has 1 heterocycles. The summed E-state index contributed by atoms with van der Waals surface area (Å²) >= 11 is 0. The minimum atomic E-state index is -0.593. The first kappa shape index (κ1) is 12.8. The van der Waals surface area contributed by atoms with E-state index in [9.17, 15) is 5.11 Å². The monoisotopic (exact) mass is 271 g/mol. The van der Waals surface area contributed by atoms with Crippen molar-refractivity contribution in [1.82, 2.24) is 0 Å². The van der Waals surface area contributed by atoms with Crippen LogP contribution >= 0.6 is 0 Å². The highest BCUT2D eigenvalue weighted by atomic mass is 16.7. The summed E-state index contributed by atoms with van der Waals surface area (Å²) in [5, 5.41) is 13.5. The lowest BCUT2D eigenvalue weighted by Crippen LogP contribution is -2.12. The van der Waals surface area contributed by atoms with E-state index in [1.807, 2.05) is 49.4 Å². The van der Waals surface area contributed by atoms with Crippen molar-refractivity contribution >= 4 is 5.69 Å². The van der Waals surface area contributed by atoms with E-state index in [-0.39, 0.29) is 6.79 Å². The maximum atomic E-state index is 10.2. The third kappa shape index (κ3) is 2.70. The molecule has 2 N–H and O–H groups in total. The number of rotatable bonds is 4. The summed E-state index contributed by atoms with van der Waals surface area (Å²) in [7, 11) is 0. The molecule has 0 aliphatic carbocycles. The molecule has 0 amide bonds. The Morgan fingerprint density at radius 1 is 1.15 bits per heavy atom. The quantitative estimate of drug-likeness (QED) is 0.897. The van der Waals surface area contributed by atoms with Gasteiger partial charge in [0, 0.05) is 12.2 Å². The lowest BCUT2D eigenvalue weighted by atomic mass is 10.1. The van der Waals surface area contributed by atoms with Crippen molar-refractivity contribution in [3.63, 3.8) is 0 Å². The zero-order valence-electron chi connectivity index (χ0n) is 11.3. The van der Waals surface area contributed by atoms with Crippen molar-refractivity contribution in [3.8, 4) is 11.5 Å². The lowest BCUT2D eigenvalue weighted by molar-refractivity contribution is 0.173.